The van der Waals surface area contributed by atoms with Gasteiger partial charge in [-0.15, -0.1) is 0 Å². The second kappa shape index (κ2) is 6.65. The van der Waals surface area contributed by atoms with E-state index in [1.807, 2.05) is 0 Å². The molecule has 2 bridgehead atoms. The molecule has 3 rings (SSSR count). The number of nitrogens with one attached hydrogen (secondary N) is 2. The number of carbonyl (C=O) groups is 1. The van der Waals surface area contributed by atoms with Crippen molar-refractivity contribution in [2.24, 2.45) is 5.92 Å². The van der Waals surface area contributed by atoms with Gasteiger partial charge in [0.2, 0.25) is 5.91 Å². The van der Waals surface area contributed by atoms with Crippen LogP contribution in [0.4, 0.5) is 4.39 Å². The first kappa shape index (κ1) is 15.3. The zero-order valence-corrected chi connectivity index (χ0v) is 12.9. The third-order valence-electron chi connectivity index (χ3n) is 4.75. The minimum atomic E-state index is -0.399. The number of carbonyl (C=O) groups excluding carboxylic acids is 1. The number of hydrogen-bond acceptors (Lipinski definition) is 3. The van der Waals surface area contributed by atoms with Crippen LogP contribution in [-0.2, 0) is 11.3 Å². The SMILES string of the molecule is COc1ccc(CNC(=O)CC2CC3CCC(C2)N3)cc1F. The normalized spacial score (nSPS) is 26.7. The molecule has 0 aliphatic carbocycles. The maximum atomic E-state index is 13.6. The number of fused-ring (bicyclic) bond motifs is 2. The van der Waals surface area contributed by atoms with Crippen LogP contribution in [0.5, 0.6) is 5.75 Å². The summed E-state index contributed by atoms with van der Waals surface area (Å²) in [5.74, 6) is 0.360. The van der Waals surface area contributed by atoms with Gasteiger partial charge in [0.05, 0.1) is 7.11 Å². The van der Waals surface area contributed by atoms with Crippen molar-refractivity contribution in [3.05, 3.63) is 29.6 Å². The number of rotatable bonds is 5. The van der Waals surface area contributed by atoms with E-state index in [-0.39, 0.29) is 11.7 Å². The van der Waals surface area contributed by atoms with Gasteiger partial charge in [0, 0.05) is 25.0 Å². The largest absolute Gasteiger partial charge is 0.494 e. The predicted octanol–water partition coefficient (Wildman–Crippen LogP) is 2.37. The van der Waals surface area contributed by atoms with Crippen LogP contribution in [0, 0.1) is 11.7 Å². The molecule has 0 aromatic heterocycles. The van der Waals surface area contributed by atoms with Gasteiger partial charge in [0.25, 0.3) is 0 Å². The molecule has 1 aromatic carbocycles. The van der Waals surface area contributed by atoms with E-state index < -0.39 is 5.82 Å². The average Bonchev–Trinajstić information content (AvgIpc) is 2.84. The molecule has 5 heteroatoms. The number of methoxy groups -OCH3 is 1. The molecule has 2 fully saturated rings. The highest BCUT2D eigenvalue weighted by molar-refractivity contribution is 5.76. The third-order valence-corrected chi connectivity index (χ3v) is 4.75. The lowest BCUT2D eigenvalue weighted by Gasteiger charge is -2.28. The first-order chi connectivity index (χ1) is 10.6. The minimum absolute atomic E-state index is 0.0579. The number of benzene rings is 1. The van der Waals surface area contributed by atoms with Gasteiger partial charge in [-0.3, -0.25) is 4.79 Å². The maximum absolute atomic E-state index is 13.6. The number of hydrogen-bond donors (Lipinski definition) is 2. The fraction of sp³-hybridized carbons (Fsp3) is 0.588. The van der Waals surface area contributed by atoms with E-state index in [0.29, 0.717) is 31.0 Å². The monoisotopic (exact) mass is 306 g/mol. The molecule has 2 heterocycles. The van der Waals surface area contributed by atoms with Crippen LogP contribution in [0.1, 0.15) is 37.7 Å². The van der Waals surface area contributed by atoms with Crippen molar-refractivity contribution >= 4 is 5.91 Å². The highest BCUT2D eigenvalue weighted by Gasteiger charge is 2.34. The van der Waals surface area contributed by atoms with Gasteiger partial charge in [-0.25, -0.2) is 4.39 Å². The fourth-order valence-corrected chi connectivity index (χ4v) is 3.70. The summed E-state index contributed by atoms with van der Waals surface area (Å²) >= 11 is 0. The molecule has 1 aromatic rings. The molecule has 2 unspecified atom stereocenters. The molecular weight excluding hydrogens is 283 g/mol. The number of ether oxygens (including phenoxy) is 1. The van der Waals surface area contributed by atoms with Crippen LogP contribution in [0.25, 0.3) is 0 Å². The van der Waals surface area contributed by atoms with Gasteiger partial charge in [-0.05, 0) is 49.3 Å². The molecule has 2 aliphatic heterocycles. The molecule has 120 valence electrons. The second-order valence-corrected chi connectivity index (χ2v) is 6.43. The molecule has 0 saturated carbocycles. The quantitative estimate of drug-likeness (QED) is 0.878. The van der Waals surface area contributed by atoms with E-state index in [9.17, 15) is 9.18 Å². The average molecular weight is 306 g/mol. The topological polar surface area (TPSA) is 50.4 Å². The van der Waals surface area contributed by atoms with Crippen LogP contribution >= 0.6 is 0 Å². The lowest BCUT2D eigenvalue weighted by Crippen LogP contribution is -2.39. The molecular formula is C17H23FN2O2. The summed E-state index contributed by atoms with van der Waals surface area (Å²) < 4.78 is 18.5. The molecule has 2 atom stereocenters. The Hall–Kier alpha value is -1.62. The van der Waals surface area contributed by atoms with Crippen LogP contribution in [-0.4, -0.2) is 25.1 Å². The Balaban J connectivity index is 1.47. The second-order valence-electron chi connectivity index (χ2n) is 6.43. The minimum Gasteiger partial charge on any atom is -0.494 e. The highest BCUT2D eigenvalue weighted by atomic mass is 19.1. The lowest BCUT2D eigenvalue weighted by molar-refractivity contribution is -0.122. The third kappa shape index (κ3) is 3.58. The predicted molar refractivity (Wildman–Crippen MR) is 82.1 cm³/mol. The molecule has 22 heavy (non-hydrogen) atoms. The molecule has 2 aliphatic rings. The Bertz CT molecular complexity index is 537. The Morgan fingerprint density at radius 3 is 2.73 bits per heavy atom. The Morgan fingerprint density at radius 1 is 1.36 bits per heavy atom. The van der Waals surface area contributed by atoms with Gasteiger partial charge in [-0.2, -0.15) is 0 Å². The lowest BCUT2D eigenvalue weighted by atomic mass is 9.89. The summed E-state index contributed by atoms with van der Waals surface area (Å²) in [6, 6.07) is 5.97. The summed E-state index contributed by atoms with van der Waals surface area (Å²) in [6.07, 6.45) is 5.26. The fourth-order valence-electron chi connectivity index (χ4n) is 3.70. The van der Waals surface area contributed by atoms with E-state index in [2.05, 4.69) is 10.6 Å². The highest BCUT2D eigenvalue weighted by Crippen LogP contribution is 2.32. The molecule has 0 radical (unpaired) electrons. The molecule has 1 amide bonds. The van der Waals surface area contributed by atoms with Crippen molar-refractivity contribution in [1.29, 1.82) is 0 Å². The van der Waals surface area contributed by atoms with Crippen molar-refractivity contribution in [3.8, 4) is 5.75 Å². The van der Waals surface area contributed by atoms with Crippen LogP contribution < -0.4 is 15.4 Å². The summed E-state index contributed by atoms with van der Waals surface area (Å²) in [4.78, 5) is 12.1. The first-order valence-corrected chi connectivity index (χ1v) is 7.99. The van der Waals surface area contributed by atoms with Gasteiger partial charge in [0.15, 0.2) is 11.6 Å². The molecule has 2 saturated heterocycles. The molecule has 4 nitrogen and oxygen atoms in total. The van der Waals surface area contributed by atoms with E-state index in [1.54, 1.807) is 12.1 Å². The van der Waals surface area contributed by atoms with Gasteiger partial charge in [-0.1, -0.05) is 6.07 Å². The summed E-state index contributed by atoms with van der Waals surface area (Å²) in [6.45, 7) is 0.359. The van der Waals surface area contributed by atoms with Crippen LogP contribution in [0.2, 0.25) is 0 Å². The zero-order chi connectivity index (χ0) is 15.5. The maximum Gasteiger partial charge on any atom is 0.220 e. The Morgan fingerprint density at radius 2 is 2.09 bits per heavy atom. The van der Waals surface area contributed by atoms with Gasteiger partial charge >= 0.3 is 0 Å². The van der Waals surface area contributed by atoms with E-state index in [0.717, 1.165) is 18.4 Å². The van der Waals surface area contributed by atoms with Crippen molar-refractivity contribution in [1.82, 2.24) is 10.6 Å². The standard InChI is InChI=1S/C17H23FN2O2/c1-22-16-5-2-11(8-15(16)18)10-19-17(21)9-12-6-13-3-4-14(7-12)20-13/h2,5,8,12-14,20H,3-4,6-7,9-10H2,1H3,(H,19,21). The Labute approximate surface area is 130 Å². The van der Waals surface area contributed by atoms with E-state index in [1.165, 1.54) is 26.0 Å². The van der Waals surface area contributed by atoms with Crippen molar-refractivity contribution in [2.45, 2.75) is 50.7 Å². The van der Waals surface area contributed by atoms with Crippen molar-refractivity contribution < 1.29 is 13.9 Å². The van der Waals surface area contributed by atoms with Crippen molar-refractivity contribution in [3.63, 3.8) is 0 Å². The van der Waals surface area contributed by atoms with E-state index >= 15 is 0 Å². The van der Waals surface area contributed by atoms with Gasteiger partial charge < -0.3 is 15.4 Å². The van der Waals surface area contributed by atoms with Crippen LogP contribution in [0.3, 0.4) is 0 Å². The summed E-state index contributed by atoms with van der Waals surface area (Å²) in [7, 11) is 1.44. The van der Waals surface area contributed by atoms with Gasteiger partial charge in [0.1, 0.15) is 0 Å². The zero-order valence-electron chi connectivity index (χ0n) is 12.9. The number of amides is 1. The summed E-state index contributed by atoms with van der Waals surface area (Å²) in [5.41, 5.74) is 0.747. The summed E-state index contributed by atoms with van der Waals surface area (Å²) in [5, 5.41) is 6.48. The number of piperidine rings is 1. The number of halogens is 1. The van der Waals surface area contributed by atoms with Crippen LogP contribution in [0.15, 0.2) is 18.2 Å². The molecule has 0 spiro atoms. The molecule has 2 N–H and O–H groups in total. The van der Waals surface area contributed by atoms with E-state index in [4.69, 9.17) is 4.74 Å². The van der Waals surface area contributed by atoms with Crippen molar-refractivity contribution in [2.75, 3.05) is 7.11 Å². The smallest absolute Gasteiger partial charge is 0.220 e. The Kier molecular flexibility index (Phi) is 4.62. The first-order valence-electron chi connectivity index (χ1n) is 7.99.